The fourth-order valence-corrected chi connectivity index (χ4v) is 9.89. The lowest BCUT2D eigenvalue weighted by Crippen LogP contribution is -2.53. The van der Waals surface area contributed by atoms with Gasteiger partial charge in [-0.3, -0.25) is 29.5 Å². The Morgan fingerprint density at radius 1 is 0.868 bits per heavy atom. The molecule has 2 heterocycles. The number of fused-ring (bicyclic) bond motifs is 4. The number of hydrogen-bond acceptors (Lipinski definition) is 8. The van der Waals surface area contributed by atoms with E-state index in [2.05, 4.69) is 21.4 Å². The number of para-hydroxylation sites is 1. The van der Waals surface area contributed by atoms with Crippen molar-refractivity contribution in [2.24, 2.45) is 23.7 Å². The summed E-state index contributed by atoms with van der Waals surface area (Å²) in [6.07, 6.45) is 2.22. The number of phenolic OH excluding ortho intramolecular Hbond substituents is 1. The third-order valence-electron chi connectivity index (χ3n) is 11.2. The minimum atomic E-state index is -1.65. The van der Waals surface area contributed by atoms with Crippen molar-refractivity contribution in [1.29, 1.82) is 0 Å². The first kappa shape index (κ1) is 35.2. The number of rotatable bonds is 7. The number of benzene rings is 4. The van der Waals surface area contributed by atoms with Crippen LogP contribution < -0.4 is 19.8 Å². The van der Waals surface area contributed by atoms with Crippen LogP contribution in [0, 0.1) is 23.7 Å². The summed E-state index contributed by atoms with van der Waals surface area (Å²) in [5, 5.41) is 13.5. The van der Waals surface area contributed by atoms with E-state index < -0.39 is 46.8 Å². The zero-order valence-electron chi connectivity index (χ0n) is 28.4. The molecule has 2 aliphatic heterocycles. The molecule has 8 rings (SSSR count). The Morgan fingerprint density at radius 2 is 1.60 bits per heavy atom. The average Bonchev–Trinajstić information content (AvgIpc) is 3.54. The minimum Gasteiger partial charge on any atom is -0.504 e. The number of hydrogen-bond donors (Lipinski definition) is 2. The third kappa shape index (κ3) is 5.26. The number of methoxy groups -OCH3 is 2. The highest BCUT2D eigenvalue weighted by molar-refractivity contribution is 9.10. The molecule has 6 unspecified atom stereocenters. The van der Waals surface area contributed by atoms with Crippen molar-refractivity contribution in [2.45, 2.75) is 24.2 Å². The Morgan fingerprint density at radius 3 is 2.28 bits per heavy atom. The van der Waals surface area contributed by atoms with Crippen LogP contribution in [0.25, 0.3) is 0 Å². The molecule has 2 saturated heterocycles. The van der Waals surface area contributed by atoms with Gasteiger partial charge in [-0.25, -0.2) is 0 Å². The lowest BCUT2D eigenvalue weighted by atomic mass is 9.49. The van der Waals surface area contributed by atoms with Crippen LogP contribution in [0.2, 0.25) is 10.0 Å². The van der Waals surface area contributed by atoms with Crippen LogP contribution in [0.3, 0.4) is 0 Å². The van der Waals surface area contributed by atoms with E-state index >= 15 is 4.79 Å². The van der Waals surface area contributed by atoms with Crippen LogP contribution in [-0.4, -0.2) is 48.0 Å². The highest BCUT2D eigenvalue weighted by Crippen LogP contribution is 2.65. The fourth-order valence-electron chi connectivity index (χ4n) is 8.99. The predicted molar refractivity (Wildman–Crippen MR) is 202 cm³/mol. The number of ether oxygens (including phenoxy) is 2. The van der Waals surface area contributed by atoms with Crippen LogP contribution >= 0.6 is 39.1 Å². The Kier molecular flexibility index (Phi) is 8.79. The van der Waals surface area contributed by atoms with Crippen molar-refractivity contribution in [3.63, 3.8) is 0 Å². The molecule has 2 N–H and O–H groups in total. The van der Waals surface area contributed by atoms with Gasteiger partial charge in [-0.05, 0) is 78.9 Å². The Hall–Kier alpha value is -4.84. The van der Waals surface area contributed by atoms with Gasteiger partial charge in [0.05, 0.1) is 53.8 Å². The molecule has 0 aromatic heterocycles. The molecule has 0 radical (unpaired) electrons. The van der Waals surface area contributed by atoms with E-state index in [9.17, 15) is 19.5 Å². The number of nitrogens with zero attached hydrogens (tertiary/aromatic N) is 2. The van der Waals surface area contributed by atoms with Gasteiger partial charge in [-0.15, -0.1) is 0 Å². The Bertz CT molecular complexity index is 2230. The maximum Gasteiger partial charge on any atom is 0.260 e. The fraction of sp³-hybridized carbons (Fsp3) is 0.250. The number of halogens is 3. The van der Waals surface area contributed by atoms with Crippen LogP contribution in [0.5, 0.6) is 17.2 Å². The monoisotopic (exact) mass is 815 g/mol. The molecule has 2 aliphatic carbocycles. The Balaban J connectivity index is 1.37. The van der Waals surface area contributed by atoms with Crippen molar-refractivity contribution in [1.82, 2.24) is 5.01 Å². The first-order valence-corrected chi connectivity index (χ1v) is 18.5. The molecule has 10 nitrogen and oxygen atoms in total. The van der Waals surface area contributed by atoms with Crippen molar-refractivity contribution in [2.75, 3.05) is 24.5 Å². The molecule has 4 aliphatic rings. The standard InChI is InChI=1S/C40H32BrCl2N3O7/c1-52-24-11-8-20(9-12-24)40-29(37(49)46(39(40)51)44-31-15-10-22(42)18-30(31)43)19-27-25(34(40)28-16-21(41)17-32(53-2)35(28)47)13-14-26-33(27)38(50)45(36(26)48)23-6-4-3-5-7-23/h3-13,15-18,26-27,29,33-34,44,47H,14,19H2,1-2H3. The summed E-state index contributed by atoms with van der Waals surface area (Å²) in [6, 6.07) is 23.7. The van der Waals surface area contributed by atoms with E-state index in [1.165, 1.54) is 25.2 Å². The topological polar surface area (TPSA) is 125 Å². The third-order valence-corrected chi connectivity index (χ3v) is 12.2. The molecule has 3 fully saturated rings. The van der Waals surface area contributed by atoms with Gasteiger partial charge in [-0.2, -0.15) is 5.01 Å². The molecule has 0 bridgehead atoms. The molecule has 4 aromatic carbocycles. The molecular weight excluding hydrogens is 785 g/mol. The van der Waals surface area contributed by atoms with E-state index in [1.54, 1.807) is 72.8 Å². The van der Waals surface area contributed by atoms with Gasteiger partial charge in [0, 0.05) is 21.0 Å². The van der Waals surface area contributed by atoms with Crippen LogP contribution in [0.4, 0.5) is 11.4 Å². The minimum absolute atomic E-state index is 0.0696. The van der Waals surface area contributed by atoms with Crippen molar-refractivity contribution in [3.8, 4) is 17.2 Å². The van der Waals surface area contributed by atoms with Crippen molar-refractivity contribution >= 4 is 74.1 Å². The quantitative estimate of drug-likeness (QED) is 0.144. The van der Waals surface area contributed by atoms with Crippen molar-refractivity contribution in [3.05, 3.63) is 122 Å². The number of carbonyl (C=O) groups excluding carboxylic acids is 4. The number of amides is 4. The number of allylic oxidation sites excluding steroid dienone is 2. The maximum atomic E-state index is 15.5. The molecule has 53 heavy (non-hydrogen) atoms. The highest BCUT2D eigenvalue weighted by atomic mass is 79.9. The number of phenols is 1. The molecule has 13 heteroatoms. The van der Waals surface area contributed by atoms with Gasteiger partial charge in [0.25, 0.3) is 11.8 Å². The summed E-state index contributed by atoms with van der Waals surface area (Å²) in [5.74, 6) is -5.55. The van der Waals surface area contributed by atoms with E-state index in [0.717, 1.165) is 5.01 Å². The average molecular weight is 818 g/mol. The van der Waals surface area contributed by atoms with Gasteiger partial charge in [-0.1, -0.05) is 81.1 Å². The summed E-state index contributed by atoms with van der Waals surface area (Å²) in [4.78, 5) is 60.1. The van der Waals surface area contributed by atoms with Crippen LogP contribution in [0.15, 0.2) is 101 Å². The number of aromatic hydroxyl groups is 1. The number of hydrazine groups is 1. The molecular formula is C40H32BrCl2N3O7. The maximum absolute atomic E-state index is 15.5. The number of imide groups is 2. The second kappa shape index (κ2) is 13.2. The van der Waals surface area contributed by atoms with Gasteiger partial charge < -0.3 is 14.6 Å². The second-order valence-electron chi connectivity index (χ2n) is 13.6. The zero-order valence-corrected chi connectivity index (χ0v) is 31.5. The number of carbonyl (C=O) groups is 4. The SMILES string of the molecule is COc1ccc(C23C(=O)N(Nc4ccc(Cl)cc4Cl)C(=O)C2CC2C(=CCC4C(=O)N(c5ccccc5)C(=O)C42)C3c2cc(Br)cc(OC)c2O)cc1. The molecule has 4 aromatic rings. The summed E-state index contributed by atoms with van der Waals surface area (Å²) >= 11 is 16.3. The number of nitrogens with one attached hydrogen (secondary N) is 1. The van der Waals surface area contributed by atoms with Crippen LogP contribution in [-0.2, 0) is 24.6 Å². The van der Waals surface area contributed by atoms with Crippen molar-refractivity contribution < 1.29 is 33.8 Å². The second-order valence-corrected chi connectivity index (χ2v) is 15.4. The van der Waals surface area contributed by atoms with E-state index in [1.807, 2.05) is 12.1 Å². The van der Waals surface area contributed by atoms with Crippen LogP contribution in [0.1, 0.15) is 29.9 Å². The Labute approximate surface area is 323 Å². The molecule has 0 spiro atoms. The predicted octanol–water partition coefficient (Wildman–Crippen LogP) is 7.67. The smallest absolute Gasteiger partial charge is 0.260 e. The normalized spacial score (nSPS) is 26.2. The highest BCUT2D eigenvalue weighted by Gasteiger charge is 2.70. The lowest BCUT2D eigenvalue weighted by Gasteiger charge is -2.50. The summed E-state index contributed by atoms with van der Waals surface area (Å²) in [6.45, 7) is 0. The molecule has 1 saturated carbocycles. The largest absolute Gasteiger partial charge is 0.504 e. The first-order valence-electron chi connectivity index (χ1n) is 16.9. The molecule has 4 amide bonds. The van der Waals surface area contributed by atoms with E-state index in [4.69, 9.17) is 32.7 Å². The summed E-state index contributed by atoms with van der Waals surface area (Å²) in [7, 11) is 2.96. The summed E-state index contributed by atoms with van der Waals surface area (Å²) < 4.78 is 11.6. The van der Waals surface area contributed by atoms with Gasteiger partial charge in [0.2, 0.25) is 11.8 Å². The lowest BCUT2D eigenvalue weighted by molar-refractivity contribution is -0.138. The molecule has 270 valence electrons. The van der Waals surface area contributed by atoms with Gasteiger partial charge in [0.15, 0.2) is 11.5 Å². The molecule has 6 atom stereocenters. The van der Waals surface area contributed by atoms with Gasteiger partial charge >= 0.3 is 0 Å². The summed E-state index contributed by atoms with van der Waals surface area (Å²) in [5.41, 5.74) is 3.56. The number of anilines is 2. The van der Waals surface area contributed by atoms with E-state index in [0.29, 0.717) is 37.6 Å². The van der Waals surface area contributed by atoms with Gasteiger partial charge in [0.1, 0.15) is 5.75 Å². The first-order chi connectivity index (χ1) is 25.5. The zero-order chi connectivity index (χ0) is 37.3. The van der Waals surface area contributed by atoms with E-state index in [-0.39, 0.29) is 46.9 Å².